The minimum absolute atomic E-state index is 0.0348. The molecule has 1 saturated heterocycles. The first kappa shape index (κ1) is 8.53. The number of ether oxygens (including phenoxy) is 1. The van der Waals surface area contributed by atoms with Gasteiger partial charge in [0.05, 0.1) is 0 Å². The molecular weight excluding hydrogens is 142 g/mol. The maximum absolute atomic E-state index is 11.2. The van der Waals surface area contributed by atoms with Crippen molar-refractivity contribution in [2.75, 3.05) is 0 Å². The zero-order valence-electron chi connectivity index (χ0n) is 7.26. The second-order valence-electron chi connectivity index (χ2n) is 3.29. The Hall–Kier alpha value is -0.570. The first-order chi connectivity index (χ1) is 5.02. The maximum atomic E-state index is 11.2. The lowest BCUT2D eigenvalue weighted by Gasteiger charge is -2.22. The monoisotopic (exact) mass is 157 g/mol. The first-order valence-corrected chi connectivity index (χ1v) is 4.02. The van der Waals surface area contributed by atoms with Crippen LogP contribution in [-0.4, -0.2) is 17.6 Å². The minimum atomic E-state index is -0.737. The molecule has 0 aromatic rings. The molecule has 3 atom stereocenters. The van der Waals surface area contributed by atoms with E-state index in [-0.39, 0.29) is 18.0 Å². The van der Waals surface area contributed by atoms with Crippen LogP contribution in [0.4, 0.5) is 0 Å². The molecule has 64 valence electrons. The Morgan fingerprint density at radius 2 is 2.18 bits per heavy atom. The van der Waals surface area contributed by atoms with Crippen molar-refractivity contribution < 1.29 is 9.53 Å². The highest BCUT2D eigenvalue weighted by atomic mass is 16.6. The van der Waals surface area contributed by atoms with Crippen molar-refractivity contribution in [2.45, 2.75) is 38.8 Å². The van der Waals surface area contributed by atoms with E-state index < -0.39 is 5.54 Å². The van der Waals surface area contributed by atoms with E-state index >= 15 is 0 Å². The third kappa shape index (κ3) is 1.03. The number of esters is 1. The Bertz CT molecular complexity index is 181. The van der Waals surface area contributed by atoms with Crippen molar-refractivity contribution in [1.29, 1.82) is 0 Å². The van der Waals surface area contributed by atoms with Crippen LogP contribution < -0.4 is 5.73 Å². The number of carbonyl (C=O) groups is 1. The fourth-order valence-electron chi connectivity index (χ4n) is 1.45. The molecule has 0 saturated carbocycles. The number of rotatable bonds is 1. The third-order valence-corrected chi connectivity index (χ3v) is 2.77. The van der Waals surface area contributed by atoms with Crippen LogP contribution in [0.1, 0.15) is 27.2 Å². The van der Waals surface area contributed by atoms with Gasteiger partial charge in [0.2, 0.25) is 0 Å². The van der Waals surface area contributed by atoms with Crippen LogP contribution in [0.3, 0.4) is 0 Å². The van der Waals surface area contributed by atoms with Gasteiger partial charge in [0, 0.05) is 5.92 Å². The average molecular weight is 157 g/mol. The molecule has 1 heterocycles. The molecular formula is C8H15NO2. The molecule has 3 nitrogen and oxygen atoms in total. The van der Waals surface area contributed by atoms with E-state index in [0.717, 1.165) is 0 Å². The highest BCUT2D eigenvalue weighted by Gasteiger charge is 2.49. The Kier molecular flexibility index (Phi) is 1.92. The van der Waals surface area contributed by atoms with E-state index in [1.165, 1.54) is 0 Å². The molecule has 0 spiro atoms. The first-order valence-electron chi connectivity index (χ1n) is 4.02. The summed E-state index contributed by atoms with van der Waals surface area (Å²) in [6.07, 6.45) is 0.615. The fraction of sp³-hybridized carbons (Fsp3) is 0.875. The third-order valence-electron chi connectivity index (χ3n) is 2.77. The van der Waals surface area contributed by atoms with E-state index in [0.29, 0.717) is 6.42 Å². The van der Waals surface area contributed by atoms with Gasteiger partial charge in [-0.3, -0.25) is 4.79 Å². The molecule has 2 N–H and O–H groups in total. The van der Waals surface area contributed by atoms with Crippen molar-refractivity contribution in [3.63, 3.8) is 0 Å². The molecule has 0 aliphatic carbocycles. The van der Waals surface area contributed by atoms with Gasteiger partial charge in [-0.15, -0.1) is 0 Å². The quantitative estimate of drug-likeness (QED) is 0.569. The number of hydrogen-bond donors (Lipinski definition) is 1. The van der Waals surface area contributed by atoms with E-state index in [1.54, 1.807) is 0 Å². The van der Waals surface area contributed by atoms with Crippen LogP contribution in [0.2, 0.25) is 0 Å². The Balaban J connectivity index is 2.87. The van der Waals surface area contributed by atoms with Gasteiger partial charge in [-0.25, -0.2) is 0 Å². The summed E-state index contributed by atoms with van der Waals surface area (Å²) >= 11 is 0. The summed E-state index contributed by atoms with van der Waals surface area (Å²) in [5, 5.41) is 0. The molecule has 0 bridgehead atoms. The van der Waals surface area contributed by atoms with Gasteiger partial charge >= 0.3 is 5.97 Å². The maximum Gasteiger partial charge on any atom is 0.326 e. The molecule has 11 heavy (non-hydrogen) atoms. The number of nitrogens with two attached hydrogens (primary N) is 1. The standard InChI is InChI=1S/C8H15NO2/c1-4-8(9)5(2)6(3)11-7(8)10/h5-6H,4,9H2,1-3H3/t5-,6+,8-/m1/s1. The molecule has 1 aliphatic rings. The smallest absolute Gasteiger partial charge is 0.326 e. The summed E-state index contributed by atoms with van der Waals surface area (Å²) in [4.78, 5) is 11.2. The van der Waals surface area contributed by atoms with Gasteiger partial charge in [-0.05, 0) is 13.3 Å². The predicted octanol–water partition coefficient (Wildman–Crippen LogP) is 0.675. The second-order valence-corrected chi connectivity index (χ2v) is 3.29. The largest absolute Gasteiger partial charge is 0.461 e. The van der Waals surface area contributed by atoms with Crippen molar-refractivity contribution in [3.05, 3.63) is 0 Å². The lowest BCUT2D eigenvalue weighted by Crippen LogP contribution is -2.49. The van der Waals surface area contributed by atoms with Crippen LogP contribution in [0.5, 0.6) is 0 Å². The molecule has 0 aromatic carbocycles. The van der Waals surface area contributed by atoms with Gasteiger partial charge in [0.25, 0.3) is 0 Å². The fourth-order valence-corrected chi connectivity index (χ4v) is 1.45. The van der Waals surface area contributed by atoms with Crippen LogP contribution in [0, 0.1) is 5.92 Å². The Morgan fingerprint density at radius 3 is 2.36 bits per heavy atom. The second kappa shape index (κ2) is 2.48. The molecule has 0 unspecified atom stereocenters. The highest BCUT2D eigenvalue weighted by molar-refractivity contribution is 5.83. The highest BCUT2D eigenvalue weighted by Crippen LogP contribution is 2.31. The average Bonchev–Trinajstić information content (AvgIpc) is 2.16. The molecule has 0 radical (unpaired) electrons. The summed E-state index contributed by atoms with van der Waals surface area (Å²) in [6.45, 7) is 5.75. The van der Waals surface area contributed by atoms with Gasteiger partial charge in [0.1, 0.15) is 11.6 Å². The van der Waals surface area contributed by atoms with Crippen LogP contribution in [0.15, 0.2) is 0 Å². The summed E-state index contributed by atoms with van der Waals surface area (Å²) in [7, 11) is 0. The van der Waals surface area contributed by atoms with E-state index in [1.807, 2.05) is 20.8 Å². The molecule has 0 aromatic heterocycles. The lowest BCUT2D eigenvalue weighted by molar-refractivity contribution is -0.144. The topological polar surface area (TPSA) is 52.3 Å². The van der Waals surface area contributed by atoms with E-state index in [9.17, 15) is 4.79 Å². The molecule has 1 fully saturated rings. The molecule has 0 amide bonds. The molecule has 1 aliphatic heterocycles. The minimum Gasteiger partial charge on any atom is -0.461 e. The van der Waals surface area contributed by atoms with Crippen molar-refractivity contribution in [1.82, 2.24) is 0 Å². The number of hydrogen-bond acceptors (Lipinski definition) is 3. The van der Waals surface area contributed by atoms with Gasteiger partial charge in [-0.1, -0.05) is 13.8 Å². The number of cyclic esters (lactones) is 1. The van der Waals surface area contributed by atoms with Crippen molar-refractivity contribution in [2.24, 2.45) is 11.7 Å². The van der Waals surface area contributed by atoms with Crippen molar-refractivity contribution in [3.8, 4) is 0 Å². The summed E-state index contributed by atoms with van der Waals surface area (Å²) in [5.41, 5.74) is 5.12. The zero-order chi connectivity index (χ0) is 8.65. The van der Waals surface area contributed by atoms with E-state index in [4.69, 9.17) is 10.5 Å². The van der Waals surface area contributed by atoms with Crippen molar-refractivity contribution >= 4 is 5.97 Å². The van der Waals surface area contributed by atoms with E-state index in [2.05, 4.69) is 0 Å². The summed E-state index contributed by atoms with van der Waals surface area (Å²) in [6, 6.07) is 0. The van der Waals surface area contributed by atoms with Gasteiger partial charge < -0.3 is 10.5 Å². The van der Waals surface area contributed by atoms with Crippen LogP contribution in [0.25, 0.3) is 0 Å². The molecule has 1 rings (SSSR count). The zero-order valence-corrected chi connectivity index (χ0v) is 7.26. The van der Waals surface area contributed by atoms with Gasteiger partial charge in [-0.2, -0.15) is 0 Å². The summed E-state index contributed by atoms with van der Waals surface area (Å²) in [5.74, 6) is -0.125. The lowest BCUT2D eigenvalue weighted by atomic mass is 9.83. The van der Waals surface area contributed by atoms with Crippen LogP contribution in [-0.2, 0) is 9.53 Å². The Labute approximate surface area is 66.9 Å². The Morgan fingerprint density at radius 1 is 1.64 bits per heavy atom. The molecule has 3 heteroatoms. The predicted molar refractivity (Wildman–Crippen MR) is 41.9 cm³/mol. The normalized spacial score (nSPS) is 44.2. The SMILES string of the molecule is CC[C@]1(N)C(=O)O[C@@H](C)[C@H]1C. The van der Waals surface area contributed by atoms with Crippen LogP contribution >= 0.6 is 0 Å². The van der Waals surface area contributed by atoms with Gasteiger partial charge in [0.15, 0.2) is 0 Å². The number of carbonyl (C=O) groups excluding carboxylic acids is 1. The summed E-state index contributed by atoms with van der Waals surface area (Å²) < 4.78 is 5.02.